The van der Waals surface area contributed by atoms with E-state index in [4.69, 9.17) is 4.74 Å². The van der Waals surface area contributed by atoms with Crippen molar-refractivity contribution in [2.75, 3.05) is 0 Å². The third-order valence-corrected chi connectivity index (χ3v) is 3.17. The van der Waals surface area contributed by atoms with E-state index >= 15 is 0 Å². The van der Waals surface area contributed by atoms with Gasteiger partial charge in [0.2, 0.25) is 0 Å². The zero-order chi connectivity index (χ0) is 15.2. The summed E-state index contributed by atoms with van der Waals surface area (Å²) in [5.74, 6) is -1.96. The molecule has 2 aromatic carbocycles. The molecule has 0 heterocycles. The first-order valence-corrected chi connectivity index (χ1v) is 6.95. The summed E-state index contributed by atoms with van der Waals surface area (Å²) in [5.41, 5.74) is 1.62. The Morgan fingerprint density at radius 3 is 1.57 bits per heavy atom. The van der Waals surface area contributed by atoms with Crippen LogP contribution in [0.1, 0.15) is 30.9 Å². The maximum absolute atomic E-state index is 12.4. The average molecular weight is 282 g/mol. The second-order valence-electron chi connectivity index (χ2n) is 5.15. The molecule has 0 N–H and O–H groups in total. The summed E-state index contributed by atoms with van der Waals surface area (Å²) >= 11 is 0. The maximum atomic E-state index is 12.4. The molecule has 3 heteroatoms. The fourth-order valence-electron chi connectivity index (χ4n) is 2.03. The fraction of sp³-hybridized carbons (Fsp3) is 0.222. The van der Waals surface area contributed by atoms with Crippen LogP contribution >= 0.6 is 0 Å². The Kier molecular flexibility index (Phi) is 4.88. The Balaban J connectivity index is 2.33. The number of hydrogen-bond donors (Lipinski definition) is 0. The van der Waals surface area contributed by atoms with Crippen molar-refractivity contribution in [1.82, 2.24) is 0 Å². The van der Waals surface area contributed by atoms with E-state index in [-0.39, 0.29) is 5.92 Å². The molecule has 0 bridgehead atoms. The van der Waals surface area contributed by atoms with Crippen LogP contribution in [0.25, 0.3) is 0 Å². The molecule has 0 aliphatic heterocycles. The molecule has 0 fully saturated rings. The van der Waals surface area contributed by atoms with Gasteiger partial charge in [0.05, 0.1) is 5.92 Å². The van der Waals surface area contributed by atoms with Gasteiger partial charge in [0.15, 0.2) is 0 Å². The Morgan fingerprint density at radius 1 is 0.762 bits per heavy atom. The van der Waals surface area contributed by atoms with Gasteiger partial charge in [-0.25, -0.2) is 0 Å². The van der Waals surface area contributed by atoms with Crippen molar-refractivity contribution in [3.8, 4) is 0 Å². The standard InChI is InChI=1S/C18H18O3/c1-13(2)17(19)21-18(20)16(14-9-5-3-6-10-14)15-11-7-4-8-12-15/h3-13,16H,1-2H3. The van der Waals surface area contributed by atoms with Gasteiger partial charge < -0.3 is 4.74 Å². The molecule has 0 saturated carbocycles. The first-order valence-electron chi connectivity index (χ1n) is 6.95. The Hall–Kier alpha value is -2.42. The highest BCUT2D eigenvalue weighted by atomic mass is 16.6. The molecule has 0 radical (unpaired) electrons. The van der Waals surface area contributed by atoms with E-state index in [0.29, 0.717) is 0 Å². The summed E-state index contributed by atoms with van der Waals surface area (Å²) in [6, 6.07) is 18.7. The van der Waals surface area contributed by atoms with Crippen molar-refractivity contribution < 1.29 is 14.3 Å². The van der Waals surface area contributed by atoms with Gasteiger partial charge in [-0.2, -0.15) is 0 Å². The van der Waals surface area contributed by atoms with E-state index in [1.165, 1.54) is 0 Å². The van der Waals surface area contributed by atoms with E-state index in [0.717, 1.165) is 11.1 Å². The highest BCUT2D eigenvalue weighted by Gasteiger charge is 2.27. The van der Waals surface area contributed by atoms with Crippen molar-refractivity contribution >= 4 is 11.9 Å². The van der Waals surface area contributed by atoms with Crippen LogP contribution in [0.2, 0.25) is 0 Å². The average Bonchev–Trinajstić information content (AvgIpc) is 2.49. The molecular formula is C18H18O3. The molecule has 2 aromatic rings. The first-order chi connectivity index (χ1) is 10.1. The van der Waals surface area contributed by atoms with Crippen molar-refractivity contribution in [3.63, 3.8) is 0 Å². The summed E-state index contributed by atoms with van der Waals surface area (Å²) in [5, 5.41) is 0. The molecule has 0 spiro atoms. The summed E-state index contributed by atoms with van der Waals surface area (Å²) in [7, 11) is 0. The Labute approximate surface area is 124 Å². The monoisotopic (exact) mass is 282 g/mol. The van der Waals surface area contributed by atoms with Gasteiger partial charge in [-0.15, -0.1) is 0 Å². The van der Waals surface area contributed by atoms with Gasteiger partial charge in [-0.3, -0.25) is 9.59 Å². The zero-order valence-corrected chi connectivity index (χ0v) is 12.2. The molecule has 0 unspecified atom stereocenters. The van der Waals surface area contributed by atoms with Crippen LogP contribution in [-0.4, -0.2) is 11.9 Å². The van der Waals surface area contributed by atoms with Crippen LogP contribution in [0.4, 0.5) is 0 Å². The van der Waals surface area contributed by atoms with Crippen molar-refractivity contribution in [2.45, 2.75) is 19.8 Å². The van der Waals surface area contributed by atoms with Gasteiger partial charge in [0.1, 0.15) is 5.92 Å². The predicted molar refractivity (Wildman–Crippen MR) is 80.7 cm³/mol. The number of carbonyl (C=O) groups is 2. The van der Waals surface area contributed by atoms with Crippen LogP contribution < -0.4 is 0 Å². The smallest absolute Gasteiger partial charge is 0.325 e. The highest BCUT2D eigenvalue weighted by molar-refractivity contribution is 5.92. The zero-order valence-electron chi connectivity index (χ0n) is 12.2. The molecule has 0 amide bonds. The van der Waals surface area contributed by atoms with Crippen molar-refractivity contribution in [2.24, 2.45) is 5.92 Å². The third kappa shape index (κ3) is 3.78. The molecule has 2 rings (SSSR count). The van der Waals surface area contributed by atoms with Crippen LogP contribution in [-0.2, 0) is 14.3 Å². The van der Waals surface area contributed by atoms with Gasteiger partial charge >= 0.3 is 11.9 Å². The number of benzene rings is 2. The minimum absolute atomic E-state index is 0.332. The summed E-state index contributed by atoms with van der Waals surface area (Å²) in [4.78, 5) is 24.1. The molecule has 0 aromatic heterocycles. The number of ether oxygens (including phenoxy) is 1. The van der Waals surface area contributed by atoms with Crippen LogP contribution in [0.3, 0.4) is 0 Å². The SMILES string of the molecule is CC(C)C(=O)OC(=O)C(c1ccccc1)c1ccccc1. The molecule has 0 aliphatic rings. The summed E-state index contributed by atoms with van der Waals surface area (Å²) in [6.45, 7) is 3.41. The highest BCUT2D eigenvalue weighted by Crippen LogP contribution is 2.26. The van der Waals surface area contributed by atoms with Crippen LogP contribution in [0.15, 0.2) is 60.7 Å². The molecule has 0 aliphatic carbocycles. The van der Waals surface area contributed by atoms with Crippen LogP contribution in [0, 0.1) is 5.92 Å². The molecule has 3 nitrogen and oxygen atoms in total. The Morgan fingerprint density at radius 2 is 1.19 bits per heavy atom. The first kappa shape index (κ1) is 15.0. The largest absolute Gasteiger partial charge is 0.392 e. The van der Waals surface area contributed by atoms with Crippen molar-refractivity contribution in [3.05, 3.63) is 71.8 Å². The predicted octanol–water partition coefficient (Wildman–Crippen LogP) is 3.54. The van der Waals surface area contributed by atoms with E-state index in [2.05, 4.69) is 0 Å². The van der Waals surface area contributed by atoms with E-state index < -0.39 is 17.9 Å². The topological polar surface area (TPSA) is 43.4 Å². The van der Waals surface area contributed by atoms with E-state index in [1.807, 2.05) is 60.7 Å². The third-order valence-electron chi connectivity index (χ3n) is 3.17. The molecule has 21 heavy (non-hydrogen) atoms. The number of hydrogen-bond acceptors (Lipinski definition) is 3. The normalized spacial score (nSPS) is 10.7. The molecular weight excluding hydrogens is 264 g/mol. The lowest BCUT2D eigenvalue weighted by molar-refractivity contribution is -0.162. The van der Waals surface area contributed by atoms with Gasteiger partial charge in [-0.1, -0.05) is 74.5 Å². The minimum atomic E-state index is -0.588. The molecule has 0 atom stereocenters. The number of esters is 2. The fourth-order valence-corrected chi connectivity index (χ4v) is 2.03. The van der Waals surface area contributed by atoms with Gasteiger partial charge in [-0.05, 0) is 11.1 Å². The lowest BCUT2D eigenvalue weighted by atomic mass is 9.91. The van der Waals surface area contributed by atoms with Gasteiger partial charge in [0, 0.05) is 0 Å². The lowest BCUT2D eigenvalue weighted by Crippen LogP contribution is -2.23. The molecule has 0 saturated heterocycles. The molecule has 108 valence electrons. The van der Waals surface area contributed by atoms with E-state index in [1.54, 1.807) is 13.8 Å². The Bertz CT molecular complexity index is 563. The van der Waals surface area contributed by atoms with Gasteiger partial charge in [0.25, 0.3) is 0 Å². The minimum Gasteiger partial charge on any atom is -0.392 e. The number of carbonyl (C=O) groups excluding carboxylic acids is 2. The summed E-state index contributed by atoms with van der Waals surface area (Å²) < 4.78 is 5.00. The summed E-state index contributed by atoms with van der Waals surface area (Å²) in [6.07, 6.45) is 0. The second-order valence-corrected chi connectivity index (χ2v) is 5.15. The number of rotatable bonds is 4. The van der Waals surface area contributed by atoms with Crippen molar-refractivity contribution in [1.29, 1.82) is 0 Å². The lowest BCUT2D eigenvalue weighted by Gasteiger charge is -2.16. The maximum Gasteiger partial charge on any atom is 0.325 e. The second kappa shape index (κ2) is 6.84. The van der Waals surface area contributed by atoms with E-state index in [9.17, 15) is 9.59 Å². The quantitative estimate of drug-likeness (QED) is 0.636. The van der Waals surface area contributed by atoms with Crippen LogP contribution in [0.5, 0.6) is 0 Å².